The van der Waals surface area contributed by atoms with Crippen molar-refractivity contribution in [3.8, 4) is 11.5 Å². The lowest BCUT2D eigenvalue weighted by Gasteiger charge is -2.05. The van der Waals surface area contributed by atoms with Crippen molar-refractivity contribution in [2.45, 2.75) is 6.54 Å². The number of aromatic nitrogens is 3. The predicted octanol–water partition coefficient (Wildman–Crippen LogP) is 3.19. The minimum Gasteiger partial charge on any atom is -0.467 e. The van der Waals surface area contributed by atoms with Crippen molar-refractivity contribution in [3.05, 3.63) is 61.1 Å². The van der Waals surface area contributed by atoms with E-state index in [2.05, 4.69) is 15.3 Å². The second-order valence-electron chi connectivity index (χ2n) is 4.52. The Labute approximate surface area is 120 Å². The summed E-state index contributed by atoms with van der Waals surface area (Å²) >= 11 is 0. The molecule has 104 valence electrons. The normalized spacial score (nSPS) is 11.0. The molecule has 0 bridgehead atoms. The van der Waals surface area contributed by atoms with Crippen LogP contribution in [0.15, 0.2) is 64.2 Å². The second kappa shape index (κ2) is 4.82. The highest BCUT2D eigenvalue weighted by Gasteiger charge is 2.16. The van der Waals surface area contributed by atoms with Gasteiger partial charge in [-0.25, -0.2) is 4.98 Å². The van der Waals surface area contributed by atoms with E-state index >= 15 is 0 Å². The minimum absolute atomic E-state index is 0.566. The van der Waals surface area contributed by atoms with Crippen LogP contribution in [0.25, 0.3) is 17.1 Å². The number of furan rings is 2. The zero-order chi connectivity index (χ0) is 14.1. The van der Waals surface area contributed by atoms with Gasteiger partial charge in [-0.1, -0.05) is 0 Å². The standard InChI is InChI=1S/C15H12N4O2/c1-3-11(20-7-1)9-17-15-14(12-4-2-8-21-12)18-13-10-16-5-6-19(13)15/h1-8,10,17H,9H2. The lowest BCUT2D eigenvalue weighted by Crippen LogP contribution is -2.02. The number of fused-ring (bicyclic) bond motifs is 1. The average molecular weight is 280 g/mol. The van der Waals surface area contributed by atoms with Gasteiger partial charge in [-0.05, 0) is 24.3 Å². The first kappa shape index (κ1) is 11.8. The van der Waals surface area contributed by atoms with Crippen LogP contribution in [0.4, 0.5) is 5.82 Å². The summed E-state index contributed by atoms with van der Waals surface area (Å²) in [6, 6.07) is 7.51. The van der Waals surface area contributed by atoms with Crippen molar-refractivity contribution < 1.29 is 8.83 Å². The molecule has 0 amide bonds. The van der Waals surface area contributed by atoms with Gasteiger partial charge < -0.3 is 14.2 Å². The van der Waals surface area contributed by atoms with Crippen LogP contribution < -0.4 is 5.32 Å². The Morgan fingerprint density at radius 3 is 2.86 bits per heavy atom. The summed E-state index contributed by atoms with van der Waals surface area (Å²) in [6.45, 7) is 0.566. The summed E-state index contributed by atoms with van der Waals surface area (Å²) in [7, 11) is 0. The van der Waals surface area contributed by atoms with Crippen LogP contribution in [0.5, 0.6) is 0 Å². The van der Waals surface area contributed by atoms with E-state index in [9.17, 15) is 0 Å². The van der Waals surface area contributed by atoms with Crippen molar-refractivity contribution >= 4 is 11.5 Å². The summed E-state index contributed by atoms with van der Waals surface area (Å²) in [5, 5.41) is 3.35. The fourth-order valence-electron chi connectivity index (χ4n) is 2.24. The Morgan fingerprint density at radius 1 is 1.14 bits per heavy atom. The number of nitrogens with zero attached hydrogens (tertiary/aromatic N) is 3. The molecular weight excluding hydrogens is 268 g/mol. The van der Waals surface area contributed by atoms with E-state index in [-0.39, 0.29) is 0 Å². The van der Waals surface area contributed by atoms with E-state index in [4.69, 9.17) is 8.83 Å². The van der Waals surface area contributed by atoms with Gasteiger partial charge in [0, 0.05) is 12.4 Å². The van der Waals surface area contributed by atoms with Gasteiger partial charge in [-0.2, -0.15) is 0 Å². The number of anilines is 1. The van der Waals surface area contributed by atoms with Crippen molar-refractivity contribution in [1.29, 1.82) is 0 Å². The number of hydrogen-bond donors (Lipinski definition) is 1. The topological polar surface area (TPSA) is 68.5 Å². The van der Waals surface area contributed by atoms with Crippen LogP contribution in [-0.2, 0) is 6.54 Å². The Hall–Kier alpha value is -3.02. The highest BCUT2D eigenvalue weighted by Crippen LogP contribution is 2.29. The first-order valence-electron chi connectivity index (χ1n) is 6.54. The Balaban J connectivity index is 1.79. The zero-order valence-electron chi connectivity index (χ0n) is 11.1. The molecule has 0 aliphatic heterocycles. The fraction of sp³-hybridized carbons (Fsp3) is 0.0667. The van der Waals surface area contributed by atoms with Crippen molar-refractivity contribution in [2.75, 3.05) is 5.32 Å². The molecule has 4 rings (SSSR count). The van der Waals surface area contributed by atoms with Crippen LogP contribution in [-0.4, -0.2) is 14.4 Å². The molecule has 0 aliphatic carbocycles. The Bertz CT molecular complexity index is 847. The van der Waals surface area contributed by atoms with E-state index in [0.717, 1.165) is 22.9 Å². The minimum atomic E-state index is 0.566. The first-order chi connectivity index (χ1) is 10.4. The van der Waals surface area contributed by atoms with Gasteiger partial charge in [0.05, 0.1) is 25.3 Å². The SMILES string of the molecule is c1coc(CNc2c(-c3ccco3)nc3cnccn23)c1. The molecule has 1 N–H and O–H groups in total. The lowest BCUT2D eigenvalue weighted by molar-refractivity contribution is 0.517. The largest absolute Gasteiger partial charge is 0.467 e. The van der Waals surface area contributed by atoms with Crippen molar-refractivity contribution in [1.82, 2.24) is 14.4 Å². The van der Waals surface area contributed by atoms with Crippen LogP contribution in [0.2, 0.25) is 0 Å². The van der Waals surface area contributed by atoms with Gasteiger partial charge >= 0.3 is 0 Å². The predicted molar refractivity (Wildman–Crippen MR) is 76.7 cm³/mol. The maximum absolute atomic E-state index is 5.47. The molecule has 0 unspecified atom stereocenters. The number of rotatable bonds is 4. The van der Waals surface area contributed by atoms with Crippen molar-refractivity contribution in [2.24, 2.45) is 0 Å². The van der Waals surface area contributed by atoms with Gasteiger partial charge in [-0.15, -0.1) is 0 Å². The lowest BCUT2D eigenvalue weighted by atomic mass is 10.3. The number of imidazole rings is 1. The third-order valence-corrected chi connectivity index (χ3v) is 3.19. The Kier molecular flexibility index (Phi) is 2.71. The molecule has 0 saturated heterocycles. The third-order valence-electron chi connectivity index (χ3n) is 3.19. The first-order valence-corrected chi connectivity index (χ1v) is 6.54. The van der Waals surface area contributed by atoms with Gasteiger partial charge in [-0.3, -0.25) is 9.38 Å². The second-order valence-corrected chi connectivity index (χ2v) is 4.52. The average Bonchev–Trinajstić information content (AvgIpc) is 3.25. The summed E-state index contributed by atoms with van der Waals surface area (Å²) in [5.74, 6) is 2.41. The van der Waals surface area contributed by atoms with Crippen LogP contribution in [0.3, 0.4) is 0 Å². The maximum atomic E-state index is 5.47. The summed E-state index contributed by atoms with van der Waals surface area (Å²) in [4.78, 5) is 8.67. The van der Waals surface area contributed by atoms with E-state index in [1.54, 1.807) is 24.9 Å². The van der Waals surface area contributed by atoms with E-state index in [1.807, 2.05) is 34.9 Å². The molecule has 0 spiro atoms. The van der Waals surface area contributed by atoms with E-state index in [0.29, 0.717) is 12.3 Å². The highest BCUT2D eigenvalue weighted by molar-refractivity contribution is 5.73. The highest BCUT2D eigenvalue weighted by atomic mass is 16.3. The molecule has 0 saturated carbocycles. The van der Waals surface area contributed by atoms with Crippen molar-refractivity contribution in [3.63, 3.8) is 0 Å². The van der Waals surface area contributed by atoms with Crippen LogP contribution in [0.1, 0.15) is 5.76 Å². The molecule has 4 aromatic heterocycles. The van der Waals surface area contributed by atoms with Crippen LogP contribution in [0, 0.1) is 0 Å². The molecular formula is C15H12N4O2. The van der Waals surface area contributed by atoms with E-state index in [1.165, 1.54) is 0 Å². The van der Waals surface area contributed by atoms with Gasteiger partial charge in [0.2, 0.25) is 0 Å². The quantitative estimate of drug-likeness (QED) is 0.621. The van der Waals surface area contributed by atoms with Crippen LogP contribution >= 0.6 is 0 Å². The molecule has 0 aliphatic rings. The summed E-state index contributed by atoms with van der Waals surface area (Å²) < 4.78 is 12.8. The van der Waals surface area contributed by atoms with E-state index < -0.39 is 0 Å². The number of hydrogen-bond acceptors (Lipinski definition) is 5. The zero-order valence-corrected chi connectivity index (χ0v) is 11.1. The molecule has 6 nitrogen and oxygen atoms in total. The summed E-state index contributed by atoms with van der Waals surface area (Å²) in [5.41, 5.74) is 1.51. The van der Waals surface area contributed by atoms with Gasteiger partial charge in [0.15, 0.2) is 11.4 Å². The fourth-order valence-corrected chi connectivity index (χ4v) is 2.24. The molecule has 0 atom stereocenters. The molecule has 6 heteroatoms. The van der Waals surface area contributed by atoms with Gasteiger partial charge in [0.1, 0.15) is 17.3 Å². The smallest absolute Gasteiger partial charge is 0.157 e. The Morgan fingerprint density at radius 2 is 2.05 bits per heavy atom. The molecule has 0 aromatic carbocycles. The summed E-state index contributed by atoms with van der Waals surface area (Å²) in [6.07, 6.45) is 8.58. The molecule has 4 heterocycles. The molecule has 0 fully saturated rings. The monoisotopic (exact) mass is 280 g/mol. The van der Waals surface area contributed by atoms with Gasteiger partial charge in [0.25, 0.3) is 0 Å². The maximum Gasteiger partial charge on any atom is 0.157 e. The molecule has 4 aromatic rings. The molecule has 21 heavy (non-hydrogen) atoms. The third kappa shape index (κ3) is 2.06. The number of nitrogens with one attached hydrogen (secondary N) is 1. The molecule has 0 radical (unpaired) electrons.